The maximum atomic E-state index is 13.1. The number of fused-ring (bicyclic) bond motifs is 1. The van der Waals surface area contributed by atoms with Crippen molar-refractivity contribution in [3.63, 3.8) is 0 Å². The average molecular weight is 255 g/mol. The van der Waals surface area contributed by atoms with Gasteiger partial charge in [-0.1, -0.05) is 30.3 Å². The van der Waals surface area contributed by atoms with Crippen molar-refractivity contribution in [2.24, 2.45) is 5.73 Å². The minimum atomic E-state index is -0.257. The van der Waals surface area contributed by atoms with E-state index < -0.39 is 0 Å². The Kier molecular flexibility index (Phi) is 3.05. The van der Waals surface area contributed by atoms with Crippen molar-refractivity contribution in [1.82, 2.24) is 0 Å². The Morgan fingerprint density at radius 3 is 2.63 bits per heavy atom. The maximum Gasteiger partial charge on any atom is 0.134 e. The van der Waals surface area contributed by atoms with Gasteiger partial charge in [0.05, 0.1) is 0 Å². The van der Waals surface area contributed by atoms with Crippen LogP contribution in [0.5, 0.6) is 0 Å². The molecule has 0 aliphatic carbocycles. The van der Waals surface area contributed by atoms with E-state index in [9.17, 15) is 4.39 Å². The highest BCUT2D eigenvalue weighted by atomic mass is 19.1. The van der Waals surface area contributed by atoms with Gasteiger partial charge in [0.1, 0.15) is 17.2 Å². The van der Waals surface area contributed by atoms with E-state index in [1.165, 1.54) is 12.1 Å². The lowest BCUT2D eigenvalue weighted by atomic mass is 10.0. The topological polar surface area (TPSA) is 39.2 Å². The number of hydrogen-bond acceptors (Lipinski definition) is 2. The van der Waals surface area contributed by atoms with Crippen LogP contribution in [0.4, 0.5) is 4.39 Å². The van der Waals surface area contributed by atoms with Gasteiger partial charge in [-0.15, -0.1) is 0 Å². The molecule has 3 aromatic rings. The van der Waals surface area contributed by atoms with Crippen molar-refractivity contribution < 1.29 is 8.81 Å². The third-order valence-electron chi connectivity index (χ3n) is 3.18. The van der Waals surface area contributed by atoms with Gasteiger partial charge in [-0.05, 0) is 29.8 Å². The van der Waals surface area contributed by atoms with Crippen LogP contribution in [0.1, 0.15) is 17.4 Å². The zero-order chi connectivity index (χ0) is 13.2. The van der Waals surface area contributed by atoms with Crippen LogP contribution in [0.15, 0.2) is 59.0 Å². The summed E-state index contributed by atoms with van der Waals surface area (Å²) in [6.45, 7) is 0. The Bertz CT molecular complexity index is 690. The summed E-state index contributed by atoms with van der Waals surface area (Å²) in [5.74, 6) is 0.518. The van der Waals surface area contributed by atoms with Gasteiger partial charge in [0.25, 0.3) is 0 Å². The molecular formula is C16H14FNO. The monoisotopic (exact) mass is 255 g/mol. The number of benzene rings is 2. The van der Waals surface area contributed by atoms with Gasteiger partial charge in [0.2, 0.25) is 0 Å². The molecule has 1 aromatic heterocycles. The van der Waals surface area contributed by atoms with E-state index in [4.69, 9.17) is 10.2 Å². The molecule has 1 atom stereocenters. The number of hydrogen-bond donors (Lipinski definition) is 1. The summed E-state index contributed by atoms with van der Waals surface area (Å²) in [7, 11) is 0. The second kappa shape index (κ2) is 4.86. The van der Waals surface area contributed by atoms with Crippen molar-refractivity contribution in [1.29, 1.82) is 0 Å². The molecule has 19 heavy (non-hydrogen) atoms. The predicted molar refractivity (Wildman–Crippen MR) is 73.2 cm³/mol. The molecule has 2 nitrogen and oxygen atoms in total. The summed E-state index contributed by atoms with van der Waals surface area (Å²) in [6.07, 6.45) is 0.598. The third-order valence-corrected chi connectivity index (χ3v) is 3.18. The van der Waals surface area contributed by atoms with Crippen molar-refractivity contribution in [2.75, 3.05) is 0 Å². The molecule has 0 radical (unpaired) electrons. The SMILES string of the molecule is NC(Cc1cc2cc(F)ccc2o1)c1ccccc1. The normalized spacial score (nSPS) is 12.7. The van der Waals surface area contributed by atoms with Crippen molar-refractivity contribution in [3.05, 3.63) is 71.7 Å². The van der Waals surface area contributed by atoms with Crippen LogP contribution >= 0.6 is 0 Å². The molecule has 0 spiro atoms. The molecule has 0 aliphatic heterocycles. The van der Waals surface area contributed by atoms with E-state index in [2.05, 4.69) is 0 Å². The van der Waals surface area contributed by atoms with E-state index in [0.29, 0.717) is 12.0 Å². The predicted octanol–water partition coefficient (Wildman–Crippen LogP) is 3.81. The highest BCUT2D eigenvalue weighted by Crippen LogP contribution is 2.23. The highest BCUT2D eigenvalue weighted by Gasteiger charge is 2.11. The summed E-state index contributed by atoms with van der Waals surface area (Å²) in [5.41, 5.74) is 7.90. The fraction of sp³-hybridized carbons (Fsp3) is 0.125. The first-order valence-electron chi connectivity index (χ1n) is 6.21. The van der Waals surface area contributed by atoms with Gasteiger partial charge in [-0.3, -0.25) is 0 Å². The molecule has 0 saturated carbocycles. The van der Waals surface area contributed by atoms with Crippen LogP contribution in [0.2, 0.25) is 0 Å². The average Bonchev–Trinajstić information content (AvgIpc) is 2.81. The Morgan fingerprint density at radius 1 is 1.05 bits per heavy atom. The van der Waals surface area contributed by atoms with Gasteiger partial charge in [0, 0.05) is 17.8 Å². The standard InChI is InChI=1S/C16H14FNO/c17-13-6-7-16-12(8-13)9-14(19-16)10-15(18)11-4-2-1-3-5-11/h1-9,15H,10,18H2. The molecule has 0 bridgehead atoms. The second-order valence-electron chi connectivity index (χ2n) is 4.62. The molecule has 0 amide bonds. The second-order valence-corrected chi connectivity index (χ2v) is 4.62. The van der Waals surface area contributed by atoms with Crippen LogP contribution in [0, 0.1) is 5.82 Å². The molecule has 96 valence electrons. The van der Waals surface area contributed by atoms with Crippen LogP contribution in [0.25, 0.3) is 11.0 Å². The largest absolute Gasteiger partial charge is 0.461 e. The van der Waals surface area contributed by atoms with Crippen LogP contribution in [-0.2, 0) is 6.42 Å². The van der Waals surface area contributed by atoms with Crippen molar-refractivity contribution in [3.8, 4) is 0 Å². The smallest absolute Gasteiger partial charge is 0.134 e. The first kappa shape index (κ1) is 11.9. The zero-order valence-corrected chi connectivity index (χ0v) is 10.3. The van der Waals surface area contributed by atoms with E-state index in [1.807, 2.05) is 36.4 Å². The van der Waals surface area contributed by atoms with E-state index in [-0.39, 0.29) is 11.9 Å². The van der Waals surface area contributed by atoms with Gasteiger partial charge < -0.3 is 10.2 Å². The number of rotatable bonds is 3. The Balaban J connectivity index is 1.85. The summed E-state index contributed by atoms with van der Waals surface area (Å²) >= 11 is 0. The molecule has 2 N–H and O–H groups in total. The van der Waals surface area contributed by atoms with Crippen molar-refractivity contribution >= 4 is 11.0 Å². The van der Waals surface area contributed by atoms with Crippen molar-refractivity contribution in [2.45, 2.75) is 12.5 Å². The lowest BCUT2D eigenvalue weighted by molar-refractivity contribution is 0.520. The highest BCUT2D eigenvalue weighted by molar-refractivity contribution is 5.77. The third kappa shape index (κ3) is 2.51. The lowest BCUT2D eigenvalue weighted by Gasteiger charge is -2.09. The molecule has 1 heterocycles. The summed E-state index contributed by atoms with van der Waals surface area (Å²) < 4.78 is 18.8. The van der Waals surface area contributed by atoms with Crippen LogP contribution in [-0.4, -0.2) is 0 Å². The molecule has 3 heteroatoms. The summed E-state index contributed by atoms with van der Waals surface area (Å²) in [5, 5.41) is 0.773. The minimum Gasteiger partial charge on any atom is -0.461 e. The molecule has 3 rings (SSSR count). The first-order chi connectivity index (χ1) is 9.22. The lowest BCUT2D eigenvalue weighted by Crippen LogP contribution is -2.12. The Hall–Kier alpha value is -2.13. The Morgan fingerprint density at radius 2 is 1.84 bits per heavy atom. The zero-order valence-electron chi connectivity index (χ0n) is 10.3. The number of furan rings is 1. The molecule has 0 fully saturated rings. The van der Waals surface area contributed by atoms with Gasteiger partial charge in [-0.25, -0.2) is 4.39 Å². The summed E-state index contributed by atoms with van der Waals surface area (Å²) in [4.78, 5) is 0. The van der Waals surface area contributed by atoms with E-state index >= 15 is 0 Å². The first-order valence-corrected chi connectivity index (χ1v) is 6.21. The quantitative estimate of drug-likeness (QED) is 0.772. The molecule has 2 aromatic carbocycles. The molecular weight excluding hydrogens is 241 g/mol. The summed E-state index contributed by atoms with van der Waals surface area (Å²) in [6, 6.07) is 16.1. The van der Waals surface area contributed by atoms with E-state index in [0.717, 1.165) is 16.7 Å². The maximum absolute atomic E-state index is 13.1. The van der Waals surface area contributed by atoms with Gasteiger partial charge in [0.15, 0.2) is 0 Å². The minimum absolute atomic E-state index is 0.119. The van der Waals surface area contributed by atoms with Crippen LogP contribution in [0.3, 0.4) is 0 Å². The number of halogens is 1. The van der Waals surface area contributed by atoms with Gasteiger partial charge >= 0.3 is 0 Å². The number of nitrogens with two attached hydrogens (primary N) is 1. The van der Waals surface area contributed by atoms with E-state index in [1.54, 1.807) is 6.07 Å². The Labute approximate surface area is 110 Å². The van der Waals surface area contributed by atoms with Gasteiger partial charge in [-0.2, -0.15) is 0 Å². The fourth-order valence-corrected chi connectivity index (χ4v) is 2.20. The molecule has 1 unspecified atom stereocenters. The molecule has 0 saturated heterocycles. The van der Waals surface area contributed by atoms with Crippen LogP contribution < -0.4 is 5.73 Å². The molecule has 0 aliphatic rings. The fourth-order valence-electron chi connectivity index (χ4n) is 2.20.